The molecule has 1 atom stereocenters. The van der Waals surface area contributed by atoms with E-state index >= 15 is 0 Å². The van der Waals surface area contributed by atoms with E-state index in [-0.39, 0.29) is 11.9 Å². The molecular weight excluding hydrogens is 222 g/mol. The lowest BCUT2D eigenvalue weighted by Crippen LogP contribution is -2.13. The van der Waals surface area contributed by atoms with E-state index in [0.29, 0.717) is 13.0 Å². The molecule has 6 heteroatoms. The lowest BCUT2D eigenvalue weighted by Gasteiger charge is -2.07. The summed E-state index contributed by atoms with van der Waals surface area (Å²) in [4.78, 5) is 15.6. The van der Waals surface area contributed by atoms with Crippen molar-refractivity contribution in [1.82, 2.24) is 14.8 Å². The molecule has 2 heterocycles. The molecular formula is C11H17N3O3. The molecule has 0 N–H and O–H groups in total. The summed E-state index contributed by atoms with van der Waals surface area (Å²) in [6.45, 7) is 2.90. The zero-order valence-electron chi connectivity index (χ0n) is 10.2. The van der Waals surface area contributed by atoms with Crippen LogP contribution in [-0.2, 0) is 22.9 Å². The van der Waals surface area contributed by atoms with Crippen LogP contribution in [0, 0.1) is 0 Å². The van der Waals surface area contributed by atoms with Crippen LogP contribution >= 0.6 is 0 Å². The lowest BCUT2D eigenvalue weighted by molar-refractivity contribution is 0.0511. The molecule has 0 amide bonds. The summed E-state index contributed by atoms with van der Waals surface area (Å²) in [7, 11) is 1.78. The first-order chi connectivity index (χ1) is 8.20. The second-order valence-corrected chi connectivity index (χ2v) is 4.03. The molecule has 1 aromatic rings. The largest absolute Gasteiger partial charge is 0.460 e. The van der Waals surface area contributed by atoms with Gasteiger partial charge in [0, 0.05) is 20.1 Å². The number of esters is 1. The van der Waals surface area contributed by atoms with E-state index < -0.39 is 5.97 Å². The maximum atomic E-state index is 11.5. The molecule has 1 unspecified atom stereocenters. The van der Waals surface area contributed by atoms with E-state index in [1.54, 1.807) is 18.7 Å². The molecule has 94 valence electrons. The van der Waals surface area contributed by atoms with Crippen molar-refractivity contribution in [2.45, 2.75) is 32.3 Å². The van der Waals surface area contributed by atoms with Gasteiger partial charge in [-0.05, 0) is 19.8 Å². The van der Waals surface area contributed by atoms with Crippen LogP contribution < -0.4 is 0 Å². The minimum atomic E-state index is -0.471. The first-order valence-corrected chi connectivity index (χ1v) is 5.89. The maximum Gasteiger partial charge on any atom is 0.378 e. The van der Waals surface area contributed by atoms with Gasteiger partial charge in [-0.15, -0.1) is 5.10 Å². The number of carbonyl (C=O) groups is 1. The highest BCUT2D eigenvalue weighted by Crippen LogP contribution is 2.16. The third-order valence-electron chi connectivity index (χ3n) is 2.75. The van der Waals surface area contributed by atoms with Crippen molar-refractivity contribution < 1.29 is 14.3 Å². The molecule has 1 aliphatic rings. The van der Waals surface area contributed by atoms with Gasteiger partial charge in [0.15, 0.2) is 0 Å². The minimum Gasteiger partial charge on any atom is -0.460 e. The molecule has 0 aliphatic carbocycles. The van der Waals surface area contributed by atoms with Gasteiger partial charge < -0.3 is 9.47 Å². The van der Waals surface area contributed by atoms with Gasteiger partial charge in [-0.3, -0.25) is 4.68 Å². The Bertz CT molecular complexity index is 397. The molecule has 1 saturated heterocycles. The Kier molecular flexibility index (Phi) is 3.73. The van der Waals surface area contributed by atoms with E-state index in [1.807, 2.05) is 0 Å². The van der Waals surface area contributed by atoms with E-state index in [2.05, 4.69) is 10.1 Å². The van der Waals surface area contributed by atoms with Crippen molar-refractivity contribution in [2.24, 2.45) is 7.05 Å². The molecule has 17 heavy (non-hydrogen) atoms. The predicted molar refractivity (Wildman–Crippen MR) is 59.6 cm³/mol. The van der Waals surface area contributed by atoms with Gasteiger partial charge in [0.2, 0.25) is 0 Å². The van der Waals surface area contributed by atoms with Crippen LogP contribution in [0.1, 0.15) is 36.2 Å². The molecule has 0 bridgehead atoms. The Morgan fingerprint density at radius 2 is 2.47 bits per heavy atom. The third kappa shape index (κ3) is 2.82. The van der Waals surface area contributed by atoms with Crippen molar-refractivity contribution in [1.29, 1.82) is 0 Å². The van der Waals surface area contributed by atoms with Gasteiger partial charge in [0.25, 0.3) is 5.82 Å². The topological polar surface area (TPSA) is 66.2 Å². The summed E-state index contributed by atoms with van der Waals surface area (Å²) in [6, 6.07) is 0. The molecule has 2 rings (SSSR count). The highest BCUT2D eigenvalue weighted by Gasteiger charge is 2.21. The molecule has 0 radical (unpaired) electrons. The molecule has 1 aliphatic heterocycles. The van der Waals surface area contributed by atoms with E-state index in [4.69, 9.17) is 9.47 Å². The average molecular weight is 239 g/mol. The van der Waals surface area contributed by atoms with Crippen LogP contribution in [0.5, 0.6) is 0 Å². The Morgan fingerprint density at radius 1 is 1.65 bits per heavy atom. The van der Waals surface area contributed by atoms with Crippen LogP contribution in [0.15, 0.2) is 0 Å². The van der Waals surface area contributed by atoms with Crippen molar-refractivity contribution in [3.05, 3.63) is 11.6 Å². The fourth-order valence-electron chi connectivity index (χ4n) is 1.89. The zero-order valence-corrected chi connectivity index (χ0v) is 10.2. The highest BCUT2D eigenvalue weighted by molar-refractivity contribution is 5.84. The van der Waals surface area contributed by atoms with Crippen molar-refractivity contribution in [3.63, 3.8) is 0 Å². The van der Waals surface area contributed by atoms with Crippen LogP contribution in [-0.4, -0.2) is 40.1 Å². The van der Waals surface area contributed by atoms with Gasteiger partial charge in [-0.1, -0.05) is 0 Å². The second kappa shape index (κ2) is 5.27. The van der Waals surface area contributed by atoms with Gasteiger partial charge >= 0.3 is 5.97 Å². The number of rotatable bonds is 4. The quantitative estimate of drug-likeness (QED) is 0.724. The van der Waals surface area contributed by atoms with Gasteiger partial charge in [0.05, 0.1) is 12.7 Å². The summed E-state index contributed by atoms with van der Waals surface area (Å²) in [5, 5.41) is 4.05. The SMILES string of the molecule is CCOC(=O)c1nc(CC2CCCO2)n(C)n1. The fraction of sp³-hybridized carbons (Fsp3) is 0.727. The summed E-state index contributed by atoms with van der Waals surface area (Å²) in [6.07, 6.45) is 3.03. The number of aryl methyl sites for hydroxylation is 1. The van der Waals surface area contributed by atoms with Crippen molar-refractivity contribution in [3.8, 4) is 0 Å². The van der Waals surface area contributed by atoms with E-state index in [0.717, 1.165) is 25.3 Å². The standard InChI is InChI=1S/C11H17N3O3/c1-3-16-11(15)10-12-9(14(2)13-10)7-8-5-4-6-17-8/h8H,3-7H2,1-2H3. The van der Waals surface area contributed by atoms with Crippen LogP contribution in [0.25, 0.3) is 0 Å². The summed E-state index contributed by atoms with van der Waals surface area (Å²) >= 11 is 0. The molecule has 0 spiro atoms. The van der Waals surface area contributed by atoms with Crippen LogP contribution in [0.3, 0.4) is 0 Å². The summed E-state index contributed by atoms with van der Waals surface area (Å²) in [5.74, 6) is 0.420. The Hall–Kier alpha value is -1.43. The third-order valence-corrected chi connectivity index (χ3v) is 2.75. The summed E-state index contributed by atoms with van der Waals surface area (Å²) in [5.41, 5.74) is 0. The number of nitrogens with zero attached hydrogens (tertiary/aromatic N) is 3. The predicted octanol–water partition coefficient (Wildman–Crippen LogP) is 0.713. The fourth-order valence-corrected chi connectivity index (χ4v) is 1.89. The van der Waals surface area contributed by atoms with Crippen molar-refractivity contribution >= 4 is 5.97 Å². The van der Waals surface area contributed by atoms with Gasteiger partial charge in [-0.2, -0.15) is 0 Å². The number of ether oxygens (including phenoxy) is 2. The van der Waals surface area contributed by atoms with Gasteiger partial charge in [-0.25, -0.2) is 9.78 Å². The highest BCUT2D eigenvalue weighted by atomic mass is 16.5. The van der Waals surface area contributed by atoms with Crippen molar-refractivity contribution in [2.75, 3.05) is 13.2 Å². The number of carbonyl (C=O) groups excluding carboxylic acids is 1. The number of hydrogen-bond acceptors (Lipinski definition) is 5. The normalized spacial score (nSPS) is 19.5. The van der Waals surface area contributed by atoms with Crippen LogP contribution in [0.4, 0.5) is 0 Å². The first-order valence-electron chi connectivity index (χ1n) is 5.89. The Labute approximate surface area is 99.9 Å². The second-order valence-electron chi connectivity index (χ2n) is 4.03. The molecule has 1 aromatic heterocycles. The van der Waals surface area contributed by atoms with E-state index in [1.165, 1.54) is 0 Å². The van der Waals surface area contributed by atoms with Crippen LogP contribution in [0.2, 0.25) is 0 Å². The lowest BCUT2D eigenvalue weighted by atomic mass is 10.2. The average Bonchev–Trinajstić information content (AvgIpc) is 2.91. The summed E-state index contributed by atoms with van der Waals surface area (Å²) < 4.78 is 12.0. The Morgan fingerprint density at radius 3 is 3.12 bits per heavy atom. The molecule has 1 fully saturated rings. The molecule has 0 aromatic carbocycles. The minimum absolute atomic E-state index is 0.127. The monoisotopic (exact) mass is 239 g/mol. The molecule has 6 nitrogen and oxygen atoms in total. The maximum absolute atomic E-state index is 11.5. The smallest absolute Gasteiger partial charge is 0.378 e. The number of aromatic nitrogens is 3. The number of hydrogen-bond donors (Lipinski definition) is 0. The molecule has 0 saturated carbocycles. The van der Waals surface area contributed by atoms with Gasteiger partial charge in [0.1, 0.15) is 5.82 Å². The zero-order chi connectivity index (χ0) is 12.3. The Balaban J connectivity index is 2.04. The first kappa shape index (κ1) is 12.0. The van der Waals surface area contributed by atoms with E-state index in [9.17, 15) is 4.79 Å².